The molecule has 0 amide bonds. The second-order valence-corrected chi connectivity index (χ2v) is 26.3. The van der Waals surface area contributed by atoms with Gasteiger partial charge >= 0.3 is 49.6 Å². The Morgan fingerprint density at radius 3 is 1.17 bits per heavy atom. The van der Waals surface area contributed by atoms with Gasteiger partial charge in [0.15, 0.2) is 0 Å². The quantitative estimate of drug-likeness (QED) is 0.641. The van der Waals surface area contributed by atoms with Gasteiger partial charge in [0, 0.05) is 0 Å². The Labute approximate surface area is 49.4 Å². The van der Waals surface area contributed by atoms with Crippen molar-refractivity contribution < 1.29 is 11.7 Å². The zero-order valence-corrected chi connectivity index (χ0v) is 7.40. The first-order valence-corrected chi connectivity index (χ1v) is 13.0. The minimum atomic E-state index is -2.88. The molecule has 0 atom stereocenters. The maximum atomic E-state index is 5.61. The van der Waals surface area contributed by atoms with Crippen molar-refractivity contribution in [3.63, 3.8) is 0 Å². The molecule has 1 saturated heterocycles. The van der Waals surface area contributed by atoms with Gasteiger partial charge in [-0.25, -0.2) is 0 Å². The summed E-state index contributed by atoms with van der Waals surface area (Å²) in [4.78, 5) is 1.80. The van der Waals surface area contributed by atoms with Crippen LogP contribution in [0.1, 0.15) is 0 Å². The monoisotopic (exact) mass is 328 g/mol. The van der Waals surface area contributed by atoms with Crippen molar-refractivity contribution in [2.75, 3.05) is 0 Å². The van der Waals surface area contributed by atoms with Crippen molar-refractivity contribution in [3.05, 3.63) is 0 Å². The Kier molecular flexibility index (Phi) is 1.05. The Morgan fingerprint density at radius 2 is 1.17 bits per heavy atom. The van der Waals surface area contributed by atoms with Gasteiger partial charge in [-0.05, 0) is 0 Å². The fraction of sp³-hybridized carbons (Fsp3) is 1.00. The van der Waals surface area contributed by atoms with E-state index < -0.39 is 11.7 Å². The van der Waals surface area contributed by atoms with Crippen molar-refractivity contribution in [1.82, 2.24) is 0 Å². The van der Waals surface area contributed by atoms with Gasteiger partial charge < -0.3 is 0 Å². The molecule has 4 heteroatoms. The van der Waals surface area contributed by atoms with Gasteiger partial charge in [0.25, 0.3) is 0 Å². The third kappa shape index (κ3) is 1.58. The number of rotatable bonds is 0. The molecule has 0 aromatic heterocycles. The molecule has 6 heavy (non-hydrogen) atoms. The van der Waals surface area contributed by atoms with Crippen LogP contribution in [0.5, 0.6) is 0 Å². The van der Waals surface area contributed by atoms with E-state index in [4.69, 9.17) is 28.3 Å². The Morgan fingerprint density at radius 1 is 1.00 bits per heavy atom. The number of hydrogen-bond donors (Lipinski definition) is 0. The fourth-order valence-electron chi connectivity index (χ4n) is 0.0567. The van der Waals surface area contributed by atoms with E-state index in [1.165, 1.54) is 0 Å². The summed E-state index contributed by atoms with van der Waals surface area (Å²) in [7, 11) is 16.8. The van der Waals surface area contributed by atoms with Crippen LogP contribution in [0.4, 0.5) is 0 Å². The molecule has 0 aromatic carbocycles. The zero-order valence-electron chi connectivity index (χ0n) is 2.86. The molecule has 1 rings (SSSR count). The van der Waals surface area contributed by atoms with Gasteiger partial charge in [0.2, 0.25) is 0 Å². The molecule has 0 N–H and O–H groups in total. The summed E-state index contributed by atoms with van der Waals surface area (Å²) in [5.74, 6) is 0. The standard InChI is InChI=1S/C2H4.3ClH.Pt/c1-2;;;;/h1-2H2;3*1H;/q;;;;+3/p-3. The average Bonchev–Trinajstić information content (AvgIpc) is 1.73. The molecule has 1 heterocycles. The first kappa shape index (κ1) is 5.69. The Bertz CT molecular complexity index is 72.5. The summed E-state index contributed by atoms with van der Waals surface area (Å²) in [6, 6.07) is 0. The summed E-state index contributed by atoms with van der Waals surface area (Å²) in [5, 5.41) is 0. The first-order chi connectivity index (χ1) is 2.47. The van der Waals surface area contributed by atoms with E-state index in [-0.39, 0.29) is 0 Å². The third-order valence-electron chi connectivity index (χ3n) is 0.517. The molecule has 0 aliphatic carbocycles. The molecule has 1 fully saturated rings. The molecular formula is C2H4Cl3Pt. The summed E-state index contributed by atoms with van der Waals surface area (Å²) >= 11 is -2.88. The second-order valence-electron chi connectivity index (χ2n) is 1.12. The fourth-order valence-corrected chi connectivity index (χ4v) is 11.4. The zero-order chi connectivity index (χ0) is 4.86. The molecule has 1 aliphatic heterocycles. The third-order valence-corrected chi connectivity index (χ3v) is 10.1. The van der Waals surface area contributed by atoms with Gasteiger partial charge in [-0.3, -0.25) is 0 Å². The van der Waals surface area contributed by atoms with Crippen molar-refractivity contribution >= 4 is 28.3 Å². The van der Waals surface area contributed by atoms with Crippen LogP contribution in [0.25, 0.3) is 0 Å². The maximum absolute atomic E-state index is 5.61. The summed E-state index contributed by atoms with van der Waals surface area (Å²) < 4.78 is 0. The van der Waals surface area contributed by atoms with Crippen LogP contribution < -0.4 is 0 Å². The molecule has 43 valence electrons. The summed E-state index contributed by atoms with van der Waals surface area (Å²) in [5.41, 5.74) is 0. The molecule has 0 nitrogen and oxygen atoms in total. The van der Waals surface area contributed by atoms with Gasteiger partial charge in [-0.15, -0.1) is 0 Å². The van der Waals surface area contributed by atoms with Crippen LogP contribution in [0, 0.1) is 0 Å². The van der Waals surface area contributed by atoms with Gasteiger partial charge in [0.1, 0.15) is 0 Å². The molecule has 0 saturated carbocycles. The first-order valence-electron chi connectivity index (χ1n) is 1.31. The predicted octanol–water partition coefficient (Wildman–Crippen LogP) is 2.99. The molecule has 0 unspecified atom stereocenters. The van der Waals surface area contributed by atoms with E-state index in [1.807, 2.05) is 0 Å². The number of hydrogen-bond acceptors (Lipinski definition) is 0. The van der Waals surface area contributed by atoms with E-state index >= 15 is 0 Å². The van der Waals surface area contributed by atoms with Crippen LogP contribution in [0.15, 0.2) is 0 Å². The Balaban J connectivity index is 2.67. The van der Waals surface area contributed by atoms with E-state index in [0.717, 1.165) is 9.62 Å². The van der Waals surface area contributed by atoms with Crippen LogP contribution >= 0.6 is 28.3 Å². The molecule has 1 aliphatic rings. The topological polar surface area (TPSA) is 0 Å². The predicted molar refractivity (Wildman–Crippen MR) is 27.2 cm³/mol. The average molecular weight is 329 g/mol. The summed E-state index contributed by atoms with van der Waals surface area (Å²) in [6.45, 7) is 0. The Hall–Kier alpha value is 1.56. The van der Waals surface area contributed by atoms with Crippen LogP contribution in [-0.4, -0.2) is 0 Å². The molecule has 0 radical (unpaired) electrons. The minimum absolute atomic E-state index is 0.899. The van der Waals surface area contributed by atoms with Crippen molar-refractivity contribution in [1.29, 1.82) is 0 Å². The number of halogens is 3. The SMILES string of the molecule is [Cl][Pt]1([Cl])([Cl])[CH2][CH2]1. The molecule has 0 spiro atoms. The van der Waals surface area contributed by atoms with Gasteiger partial charge in [-0.2, -0.15) is 0 Å². The normalized spacial score (nSPS) is 42.8. The van der Waals surface area contributed by atoms with Crippen molar-refractivity contribution in [2.45, 2.75) is 9.62 Å². The van der Waals surface area contributed by atoms with Crippen LogP contribution in [0.2, 0.25) is 9.62 Å². The van der Waals surface area contributed by atoms with Gasteiger partial charge in [-0.1, -0.05) is 0 Å². The molecule has 0 aromatic rings. The summed E-state index contributed by atoms with van der Waals surface area (Å²) in [6.07, 6.45) is 0. The van der Waals surface area contributed by atoms with Crippen molar-refractivity contribution in [2.24, 2.45) is 0 Å². The van der Waals surface area contributed by atoms with Crippen LogP contribution in [0.3, 0.4) is 0 Å². The van der Waals surface area contributed by atoms with E-state index in [9.17, 15) is 0 Å². The van der Waals surface area contributed by atoms with E-state index in [2.05, 4.69) is 0 Å². The second kappa shape index (κ2) is 1.10. The van der Waals surface area contributed by atoms with Crippen LogP contribution in [-0.2, 0) is 11.7 Å². The molecular weight excluding hydrogens is 325 g/mol. The van der Waals surface area contributed by atoms with E-state index in [1.54, 1.807) is 0 Å². The molecule has 0 bridgehead atoms. The van der Waals surface area contributed by atoms with Gasteiger partial charge in [0.05, 0.1) is 0 Å². The van der Waals surface area contributed by atoms with E-state index in [0.29, 0.717) is 0 Å². The van der Waals surface area contributed by atoms with Crippen molar-refractivity contribution in [3.8, 4) is 0 Å².